The highest BCUT2D eigenvalue weighted by Gasteiger charge is 2.21. The number of nitrogens with zero attached hydrogens (tertiary/aromatic N) is 1. The summed E-state index contributed by atoms with van der Waals surface area (Å²) in [5, 5.41) is 0. The summed E-state index contributed by atoms with van der Waals surface area (Å²) in [6.07, 6.45) is 4.11. The van der Waals surface area contributed by atoms with Gasteiger partial charge in [-0.25, -0.2) is 0 Å². The van der Waals surface area contributed by atoms with E-state index >= 15 is 0 Å². The normalized spacial score (nSPS) is 23.5. The van der Waals surface area contributed by atoms with E-state index in [9.17, 15) is 0 Å². The van der Waals surface area contributed by atoms with Gasteiger partial charge in [0.25, 0.3) is 0 Å². The summed E-state index contributed by atoms with van der Waals surface area (Å²) in [6.45, 7) is 8.92. The molecule has 0 fully saturated rings. The highest BCUT2D eigenvalue weighted by atomic mass is 14.8. The van der Waals surface area contributed by atoms with Crippen molar-refractivity contribution in [2.24, 2.45) is 16.8 Å². The molecule has 0 aromatic carbocycles. The molecule has 1 aliphatic heterocycles. The molecule has 0 saturated heterocycles. The summed E-state index contributed by atoms with van der Waals surface area (Å²) in [5.41, 5.74) is 1.49. The molecule has 0 N–H and O–H groups in total. The van der Waals surface area contributed by atoms with E-state index < -0.39 is 0 Å². The molecule has 0 aromatic rings. The van der Waals surface area contributed by atoms with Crippen LogP contribution in [-0.2, 0) is 0 Å². The first-order valence-corrected chi connectivity index (χ1v) is 4.36. The number of aliphatic imine (C=N–C) groups is 1. The summed E-state index contributed by atoms with van der Waals surface area (Å²) in [4.78, 5) is 4.42. The Morgan fingerprint density at radius 3 is 2.27 bits per heavy atom. The smallest absolute Gasteiger partial charge is 0.0737 e. The van der Waals surface area contributed by atoms with Crippen LogP contribution in [0.15, 0.2) is 16.6 Å². The quantitative estimate of drug-likeness (QED) is 0.575. The van der Waals surface area contributed by atoms with Crippen molar-refractivity contribution >= 4 is 6.21 Å². The molecule has 1 heteroatoms. The van der Waals surface area contributed by atoms with Crippen LogP contribution in [-0.4, -0.2) is 12.3 Å². The summed E-state index contributed by atoms with van der Waals surface area (Å²) >= 11 is 0. The average Bonchev–Trinajstić information content (AvgIpc) is 2.32. The lowest BCUT2D eigenvalue weighted by Gasteiger charge is -2.19. The predicted octanol–water partition coefficient (Wildman–Crippen LogP) is 2.68. The molecule has 11 heavy (non-hydrogen) atoms. The molecule has 1 rings (SSSR count). The molecule has 62 valence electrons. The van der Waals surface area contributed by atoms with E-state index in [0.717, 1.165) is 0 Å². The molecule has 0 aliphatic carbocycles. The SMILES string of the molecule is CC(C)C1=CC=NC1C(C)C. The Kier molecular flexibility index (Phi) is 2.48. The van der Waals surface area contributed by atoms with Crippen molar-refractivity contribution in [3.05, 3.63) is 11.6 Å². The number of rotatable bonds is 2. The van der Waals surface area contributed by atoms with Gasteiger partial charge in [0.2, 0.25) is 0 Å². The van der Waals surface area contributed by atoms with Crippen LogP contribution in [0.25, 0.3) is 0 Å². The fourth-order valence-corrected chi connectivity index (χ4v) is 1.50. The molecular weight excluding hydrogens is 134 g/mol. The van der Waals surface area contributed by atoms with Gasteiger partial charge in [-0.05, 0) is 23.5 Å². The second-order valence-electron chi connectivity index (χ2n) is 3.81. The number of hydrogen-bond donors (Lipinski definition) is 0. The van der Waals surface area contributed by atoms with Crippen LogP contribution in [0, 0.1) is 11.8 Å². The fraction of sp³-hybridized carbons (Fsp3) is 0.700. The van der Waals surface area contributed by atoms with Gasteiger partial charge in [0.1, 0.15) is 0 Å². The Morgan fingerprint density at radius 2 is 1.91 bits per heavy atom. The zero-order valence-electron chi connectivity index (χ0n) is 7.83. The van der Waals surface area contributed by atoms with Crippen molar-refractivity contribution in [1.82, 2.24) is 0 Å². The molecule has 0 radical (unpaired) electrons. The van der Waals surface area contributed by atoms with Crippen molar-refractivity contribution in [3.8, 4) is 0 Å². The van der Waals surface area contributed by atoms with Crippen LogP contribution in [0.1, 0.15) is 27.7 Å². The van der Waals surface area contributed by atoms with Gasteiger partial charge in [0.15, 0.2) is 0 Å². The zero-order chi connectivity index (χ0) is 8.43. The largest absolute Gasteiger partial charge is 0.285 e. The van der Waals surface area contributed by atoms with E-state index in [2.05, 4.69) is 38.8 Å². The molecular formula is C10H17N. The average molecular weight is 151 g/mol. The summed E-state index contributed by atoms with van der Waals surface area (Å²) in [6, 6.07) is 0.454. The number of hydrogen-bond acceptors (Lipinski definition) is 1. The minimum absolute atomic E-state index is 0.454. The first-order valence-electron chi connectivity index (χ1n) is 4.36. The highest BCUT2D eigenvalue weighted by Crippen LogP contribution is 2.25. The monoisotopic (exact) mass is 151 g/mol. The van der Waals surface area contributed by atoms with E-state index in [-0.39, 0.29) is 0 Å². The molecule has 0 saturated carbocycles. The highest BCUT2D eigenvalue weighted by molar-refractivity contribution is 5.76. The molecule has 0 spiro atoms. The van der Waals surface area contributed by atoms with Crippen LogP contribution in [0.3, 0.4) is 0 Å². The minimum atomic E-state index is 0.454. The van der Waals surface area contributed by atoms with Crippen LogP contribution in [0.2, 0.25) is 0 Å². The predicted molar refractivity (Wildman–Crippen MR) is 50.0 cm³/mol. The summed E-state index contributed by atoms with van der Waals surface area (Å²) in [7, 11) is 0. The Morgan fingerprint density at radius 1 is 1.27 bits per heavy atom. The summed E-state index contributed by atoms with van der Waals surface area (Å²) < 4.78 is 0. The van der Waals surface area contributed by atoms with Gasteiger partial charge in [0.05, 0.1) is 6.04 Å². The van der Waals surface area contributed by atoms with Crippen LogP contribution >= 0.6 is 0 Å². The maximum absolute atomic E-state index is 4.42. The third-order valence-electron chi connectivity index (χ3n) is 2.15. The fourth-order valence-electron chi connectivity index (χ4n) is 1.50. The Hall–Kier alpha value is -0.590. The zero-order valence-corrected chi connectivity index (χ0v) is 7.83. The van der Waals surface area contributed by atoms with Gasteiger partial charge in [-0.1, -0.05) is 27.7 Å². The number of allylic oxidation sites excluding steroid dienone is 1. The van der Waals surface area contributed by atoms with Gasteiger partial charge in [-0.15, -0.1) is 0 Å². The maximum Gasteiger partial charge on any atom is 0.0737 e. The third kappa shape index (κ3) is 1.70. The Labute approximate surface area is 69.2 Å². The lowest BCUT2D eigenvalue weighted by molar-refractivity contribution is 0.518. The van der Waals surface area contributed by atoms with E-state index in [1.165, 1.54) is 5.57 Å². The van der Waals surface area contributed by atoms with Gasteiger partial charge in [0, 0.05) is 6.21 Å². The van der Waals surface area contributed by atoms with Crippen molar-refractivity contribution in [2.75, 3.05) is 0 Å². The summed E-state index contributed by atoms with van der Waals surface area (Å²) in [5.74, 6) is 1.28. The third-order valence-corrected chi connectivity index (χ3v) is 2.15. The van der Waals surface area contributed by atoms with Crippen LogP contribution < -0.4 is 0 Å². The first kappa shape index (κ1) is 8.51. The van der Waals surface area contributed by atoms with Crippen LogP contribution in [0.4, 0.5) is 0 Å². The molecule has 1 unspecified atom stereocenters. The minimum Gasteiger partial charge on any atom is -0.285 e. The molecule has 1 atom stereocenters. The van der Waals surface area contributed by atoms with E-state index in [1.807, 2.05) is 6.21 Å². The van der Waals surface area contributed by atoms with Crippen molar-refractivity contribution < 1.29 is 0 Å². The molecule has 0 amide bonds. The lowest BCUT2D eigenvalue weighted by atomic mass is 9.90. The second-order valence-corrected chi connectivity index (χ2v) is 3.81. The van der Waals surface area contributed by atoms with Crippen molar-refractivity contribution in [1.29, 1.82) is 0 Å². The van der Waals surface area contributed by atoms with Crippen molar-refractivity contribution in [2.45, 2.75) is 33.7 Å². The standard InChI is InChI=1S/C10H17N/c1-7(2)9-5-6-11-10(9)8(3)4/h5-8,10H,1-4H3. The lowest BCUT2D eigenvalue weighted by Crippen LogP contribution is -2.16. The maximum atomic E-state index is 4.42. The Balaban J connectivity index is 2.69. The van der Waals surface area contributed by atoms with Gasteiger partial charge >= 0.3 is 0 Å². The first-order chi connectivity index (χ1) is 5.13. The van der Waals surface area contributed by atoms with Gasteiger partial charge in [-0.3, -0.25) is 4.99 Å². The molecule has 1 heterocycles. The Bertz CT molecular complexity index is 187. The molecule has 0 aromatic heterocycles. The molecule has 0 bridgehead atoms. The van der Waals surface area contributed by atoms with Crippen LogP contribution in [0.5, 0.6) is 0 Å². The second kappa shape index (κ2) is 3.21. The van der Waals surface area contributed by atoms with E-state index in [4.69, 9.17) is 0 Å². The topological polar surface area (TPSA) is 12.4 Å². The van der Waals surface area contributed by atoms with Gasteiger partial charge in [-0.2, -0.15) is 0 Å². The molecule has 1 aliphatic rings. The van der Waals surface area contributed by atoms with Crippen molar-refractivity contribution in [3.63, 3.8) is 0 Å². The molecule has 1 nitrogen and oxygen atoms in total. The van der Waals surface area contributed by atoms with E-state index in [0.29, 0.717) is 17.9 Å². The van der Waals surface area contributed by atoms with E-state index in [1.54, 1.807) is 0 Å². The van der Waals surface area contributed by atoms with Gasteiger partial charge < -0.3 is 0 Å².